The third kappa shape index (κ3) is 2.45. The zero-order valence-electron chi connectivity index (χ0n) is 12.2. The molecule has 0 aliphatic carbocycles. The Morgan fingerprint density at radius 3 is 2.39 bits per heavy atom. The minimum atomic E-state index is 0.0316. The lowest BCUT2D eigenvalue weighted by Crippen LogP contribution is -1.97. The lowest BCUT2D eigenvalue weighted by atomic mass is 10.1. The second-order valence-corrected chi connectivity index (χ2v) is 5.11. The Hall–Kier alpha value is -3.12. The molecule has 0 saturated carbocycles. The SMILES string of the molecule is OCc1ccc(-c2cnc3ccc(-c4cncnc4)nn23)cc1. The molecule has 6 nitrogen and oxygen atoms in total. The fourth-order valence-corrected chi connectivity index (χ4v) is 2.44. The van der Waals surface area contributed by atoms with Crippen molar-refractivity contribution < 1.29 is 5.11 Å². The van der Waals surface area contributed by atoms with Gasteiger partial charge in [0.05, 0.1) is 24.2 Å². The predicted octanol–water partition coefficient (Wildman–Crippen LogP) is 2.35. The first kappa shape index (κ1) is 13.5. The highest BCUT2D eigenvalue weighted by molar-refractivity contribution is 5.65. The summed E-state index contributed by atoms with van der Waals surface area (Å²) in [4.78, 5) is 12.4. The van der Waals surface area contributed by atoms with Crippen LogP contribution in [0.3, 0.4) is 0 Å². The summed E-state index contributed by atoms with van der Waals surface area (Å²) in [5.74, 6) is 0. The largest absolute Gasteiger partial charge is 0.392 e. The average molecular weight is 303 g/mol. The number of hydrogen-bond acceptors (Lipinski definition) is 5. The van der Waals surface area contributed by atoms with E-state index < -0.39 is 0 Å². The van der Waals surface area contributed by atoms with Crippen LogP contribution >= 0.6 is 0 Å². The topological polar surface area (TPSA) is 76.2 Å². The van der Waals surface area contributed by atoms with Crippen LogP contribution in [0.1, 0.15) is 5.56 Å². The number of imidazole rings is 1. The van der Waals surface area contributed by atoms with E-state index in [-0.39, 0.29) is 6.61 Å². The molecule has 4 aromatic rings. The lowest BCUT2D eigenvalue weighted by Gasteiger charge is -2.05. The zero-order valence-corrected chi connectivity index (χ0v) is 12.2. The number of nitrogens with zero attached hydrogens (tertiary/aromatic N) is 5. The number of aliphatic hydroxyl groups excluding tert-OH is 1. The molecule has 1 aromatic carbocycles. The summed E-state index contributed by atoms with van der Waals surface area (Å²) < 4.78 is 1.80. The Balaban J connectivity index is 1.84. The molecule has 112 valence electrons. The van der Waals surface area contributed by atoms with Crippen molar-refractivity contribution in [1.82, 2.24) is 24.6 Å². The van der Waals surface area contributed by atoms with Crippen molar-refractivity contribution in [2.45, 2.75) is 6.61 Å². The van der Waals surface area contributed by atoms with Crippen molar-refractivity contribution in [3.63, 3.8) is 0 Å². The van der Waals surface area contributed by atoms with Crippen LogP contribution in [0, 0.1) is 0 Å². The second kappa shape index (κ2) is 5.58. The van der Waals surface area contributed by atoms with Gasteiger partial charge in [-0.1, -0.05) is 24.3 Å². The van der Waals surface area contributed by atoms with E-state index in [1.807, 2.05) is 36.4 Å². The van der Waals surface area contributed by atoms with Crippen LogP contribution in [0.5, 0.6) is 0 Å². The molecule has 0 aliphatic rings. The molecular formula is C17H13N5O. The van der Waals surface area contributed by atoms with Gasteiger partial charge in [0.15, 0.2) is 5.65 Å². The summed E-state index contributed by atoms with van der Waals surface area (Å²) in [5, 5.41) is 13.8. The molecule has 0 fully saturated rings. The molecule has 0 amide bonds. The predicted molar refractivity (Wildman–Crippen MR) is 85.4 cm³/mol. The van der Waals surface area contributed by atoms with Crippen molar-refractivity contribution in [3.05, 3.63) is 66.9 Å². The van der Waals surface area contributed by atoms with Gasteiger partial charge in [0.1, 0.15) is 6.33 Å². The summed E-state index contributed by atoms with van der Waals surface area (Å²) in [6, 6.07) is 11.5. The van der Waals surface area contributed by atoms with Crippen LogP contribution in [0.4, 0.5) is 0 Å². The van der Waals surface area contributed by atoms with Gasteiger partial charge < -0.3 is 5.11 Å². The van der Waals surface area contributed by atoms with Gasteiger partial charge in [-0.05, 0) is 17.7 Å². The van der Waals surface area contributed by atoms with Gasteiger partial charge in [0, 0.05) is 23.5 Å². The third-order valence-electron chi connectivity index (χ3n) is 3.65. The second-order valence-electron chi connectivity index (χ2n) is 5.11. The minimum Gasteiger partial charge on any atom is -0.392 e. The normalized spacial score (nSPS) is 11.0. The number of aromatic nitrogens is 5. The van der Waals surface area contributed by atoms with Gasteiger partial charge >= 0.3 is 0 Å². The van der Waals surface area contributed by atoms with E-state index in [4.69, 9.17) is 5.11 Å². The van der Waals surface area contributed by atoms with Gasteiger partial charge in [-0.25, -0.2) is 19.5 Å². The summed E-state index contributed by atoms with van der Waals surface area (Å²) in [6.07, 6.45) is 6.75. The fraction of sp³-hybridized carbons (Fsp3) is 0.0588. The summed E-state index contributed by atoms with van der Waals surface area (Å²) in [5.41, 5.74) is 5.16. The van der Waals surface area contributed by atoms with Crippen molar-refractivity contribution in [1.29, 1.82) is 0 Å². The molecule has 0 bridgehead atoms. The Bertz CT molecular complexity index is 948. The van der Waals surface area contributed by atoms with E-state index in [2.05, 4.69) is 20.1 Å². The first-order valence-electron chi connectivity index (χ1n) is 7.15. The molecule has 1 N–H and O–H groups in total. The van der Waals surface area contributed by atoms with E-state index in [0.29, 0.717) is 0 Å². The molecule has 3 heterocycles. The van der Waals surface area contributed by atoms with Gasteiger partial charge in [-0.15, -0.1) is 0 Å². The van der Waals surface area contributed by atoms with E-state index in [0.717, 1.165) is 33.7 Å². The Labute approximate surface area is 132 Å². The molecule has 0 atom stereocenters. The maximum absolute atomic E-state index is 9.15. The Morgan fingerprint density at radius 1 is 0.870 bits per heavy atom. The average Bonchev–Trinajstić information content (AvgIpc) is 3.05. The van der Waals surface area contributed by atoms with Gasteiger partial charge in [0.25, 0.3) is 0 Å². The van der Waals surface area contributed by atoms with E-state index in [1.54, 1.807) is 23.1 Å². The van der Waals surface area contributed by atoms with Gasteiger partial charge in [-0.2, -0.15) is 5.10 Å². The number of benzene rings is 1. The lowest BCUT2D eigenvalue weighted by molar-refractivity contribution is 0.282. The van der Waals surface area contributed by atoms with Crippen LogP contribution in [-0.4, -0.2) is 29.7 Å². The van der Waals surface area contributed by atoms with Crippen molar-refractivity contribution in [2.75, 3.05) is 0 Å². The maximum atomic E-state index is 9.15. The number of hydrogen-bond donors (Lipinski definition) is 1. The molecule has 3 aromatic heterocycles. The molecular weight excluding hydrogens is 290 g/mol. The summed E-state index contributed by atoms with van der Waals surface area (Å²) in [6.45, 7) is 0.0316. The van der Waals surface area contributed by atoms with Crippen LogP contribution in [0.15, 0.2) is 61.3 Å². The standard InChI is InChI=1S/C17H13N5O/c23-10-12-1-3-13(4-2-12)16-9-20-17-6-5-15(21-22(16)17)14-7-18-11-19-8-14/h1-9,11,23H,10H2. The molecule has 23 heavy (non-hydrogen) atoms. The molecule has 0 radical (unpaired) electrons. The Morgan fingerprint density at radius 2 is 1.65 bits per heavy atom. The Kier molecular flexibility index (Phi) is 3.29. The number of fused-ring (bicyclic) bond motifs is 1. The highest BCUT2D eigenvalue weighted by atomic mass is 16.3. The van der Waals surface area contributed by atoms with E-state index in [9.17, 15) is 0 Å². The monoisotopic (exact) mass is 303 g/mol. The van der Waals surface area contributed by atoms with Crippen molar-refractivity contribution >= 4 is 5.65 Å². The smallest absolute Gasteiger partial charge is 0.154 e. The molecule has 0 unspecified atom stereocenters. The molecule has 0 saturated heterocycles. The first-order chi connectivity index (χ1) is 11.3. The van der Waals surface area contributed by atoms with Gasteiger partial charge in [0.2, 0.25) is 0 Å². The maximum Gasteiger partial charge on any atom is 0.154 e. The first-order valence-corrected chi connectivity index (χ1v) is 7.15. The minimum absolute atomic E-state index is 0.0316. The van der Waals surface area contributed by atoms with Crippen molar-refractivity contribution in [2.24, 2.45) is 0 Å². The molecule has 4 rings (SSSR count). The van der Waals surface area contributed by atoms with Crippen LogP contribution in [0.2, 0.25) is 0 Å². The van der Waals surface area contributed by atoms with Crippen LogP contribution in [0.25, 0.3) is 28.2 Å². The molecule has 0 aliphatic heterocycles. The zero-order chi connectivity index (χ0) is 15.6. The molecule has 6 heteroatoms. The fourth-order valence-electron chi connectivity index (χ4n) is 2.44. The summed E-state index contributed by atoms with van der Waals surface area (Å²) >= 11 is 0. The van der Waals surface area contributed by atoms with E-state index >= 15 is 0 Å². The van der Waals surface area contributed by atoms with Crippen LogP contribution in [-0.2, 0) is 6.61 Å². The van der Waals surface area contributed by atoms with Crippen LogP contribution < -0.4 is 0 Å². The van der Waals surface area contributed by atoms with Crippen molar-refractivity contribution in [3.8, 4) is 22.5 Å². The quantitative estimate of drug-likeness (QED) is 0.628. The number of aliphatic hydroxyl groups is 1. The van der Waals surface area contributed by atoms with Gasteiger partial charge in [-0.3, -0.25) is 0 Å². The molecule has 0 spiro atoms. The summed E-state index contributed by atoms with van der Waals surface area (Å²) in [7, 11) is 0. The number of rotatable bonds is 3. The highest BCUT2D eigenvalue weighted by Crippen LogP contribution is 2.22. The van der Waals surface area contributed by atoms with E-state index in [1.165, 1.54) is 6.33 Å². The highest BCUT2D eigenvalue weighted by Gasteiger charge is 2.09. The third-order valence-corrected chi connectivity index (χ3v) is 3.65.